The number of carbonyl (C=O) groups is 1. The van der Waals surface area contributed by atoms with Crippen LogP contribution < -0.4 is 5.73 Å². The Labute approximate surface area is 118 Å². The summed E-state index contributed by atoms with van der Waals surface area (Å²) in [4.78, 5) is 18.8. The predicted octanol–water partition coefficient (Wildman–Crippen LogP) is 1.84. The Morgan fingerprint density at radius 2 is 2.10 bits per heavy atom. The Morgan fingerprint density at radius 3 is 2.90 bits per heavy atom. The summed E-state index contributed by atoms with van der Waals surface area (Å²) >= 11 is 0. The zero-order valence-corrected chi connectivity index (χ0v) is 11.5. The highest BCUT2D eigenvalue weighted by atomic mass is 16.1. The molecule has 0 saturated carbocycles. The molecule has 2 heterocycles. The average molecular weight is 269 g/mol. The number of pyridine rings is 1. The van der Waals surface area contributed by atoms with Crippen LogP contribution in [0.2, 0.25) is 0 Å². The van der Waals surface area contributed by atoms with Gasteiger partial charge in [-0.1, -0.05) is 18.2 Å². The van der Waals surface area contributed by atoms with Gasteiger partial charge in [-0.2, -0.15) is 0 Å². The van der Waals surface area contributed by atoms with Crippen molar-refractivity contribution in [3.8, 4) is 0 Å². The molecule has 3 rings (SSSR count). The van der Waals surface area contributed by atoms with Gasteiger partial charge in [0, 0.05) is 42.5 Å². The summed E-state index contributed by atoms with van der Waals surface area (Å²) in [5, 5.41) is 2.00. The molecule has 4 heteroatoms. The lowest BCUT2D eigenvalue weighted by atomic mass is 10.0. The highest BCUT2D eigenvalue weighted by molar-refractivity contribution is 6.08. The molecule has 104 valence electrons. The number of hydrogen-bond acceptors (Lipinski definition) is 4. The van der Waals surface area contributed by atoms with Gasteiger partial charge in [0.1, 0.15) is 0 Å². The molecule has 2 N–H and O–H groups in total. The molecule has 0 radical (unpaired) electrons. The van der Waals surface area contributed by atoms with Crippen LogP contribution in [0.15, 0.2) is 36.7 Å². The number of likely N-dealkylation sites (tertiary alicyclic amines) is 1. The number of hydrogen-bond donors (Lipinski definition) is 1. The minimum Gasteiger partial charge on any atom is -0.328 e. The van der Waals surface area contributed by atoms with Gasteiger partial charge in [0.25, 0.3) is 0 Å². The first-order valence-corrected chi connectivity index (χ1v) is 7.08. The highest BCUT2D eigenvalue weighted by Gasteiger charge is 2.19. The molecule has 4 nitrogen and oxygen atoms in total. The van der Waals surface area contributed by atoms with Gasteiger partial charge in [-0.25, -0.2) is 0 Å². The first-order valence-electron chi connectivity index (χ1n) is 7.08. The van der Waals surface area contributed by atoms with Crippen molar-refractivity contribution in [3.05, 3.63) is 42.2 Å². The van der Waals surface area contributed by atoms with Crippen LogP contribution >= 0.6 is 0 Å². The lowest BCUT2D eigenvalue weighted by Gasteiger charge is -2.29. The van der Waals surface area contributed by atoms with Crippen LogP contribution in [0.1, 0.15) is 23.2 Å². The second-order valence-corrected chi connectivity index (χ2v) is 5.44. The first kappa shape index (κ1) is 13.2. The van der Waals surface area contributed by atoms with E-state index < -0.39 is 0 Å². The molecule has 2 aromatic rings. The lowest BCUT2D eigenvalue weighted by Crippen LogP contribution is -2.41. The highest BCUT2D eigenvalue weighted by Crippen LogP contribution is 2.19. The molecular weight excluding hydrogens is 250 g/mol. The maximum atomic E-state index is 12.5. The van der Waals surface area contributed by atoms with Crippen LogP contribution in [0.4, 0.5) is 0 Å². The van der Waals surface area contributed by atoms with E-state index in [4.69, 9.17) is 5.73 Å². The summed E-state index contributed by atoms with van der Waals surface area (Å²) in [6.07, 6.45) is 5.49. The summed E-state index contributed by atoms with van der Waals surface area (Å²) in [6.45, 7) is 2.31. The van der Waals surface area contributed by atoms with E-state index in [-0.39, 0.29) is 5.78 Å². The van der Waals surface area contributed by atoms with Gasteiger partial charge in [-0.3, -0.25) is 14.7 Å². The molecule has 20 heavy (non-hydrogen) atoms. The third-order valence-electron chi connectivity index (χ3n) is 3.98. The molecule has 1 aromatic carbocycles. The fraction of sp³-hybridized carbons (Fsp3) is 0.375. The molecule has 1 aromatic heterocycles. The fourth-order valence-electron chi connectivity index (χ4n) is 2.77. The topological polar surface area (TPSA) is 59.2 Å². The molecular formula is C16H19N3O. The number of carbonyl (C=O) groups excluding carboxylic acids is 1. The molecule has 0 bridgehead atoms. The fourth-order valence-corrected chi connectivity index (χ4v) is 2.77. The van der Waals surface area contributed by atoms with Gasteiger partial charge in [0.15, 0.2) is 5.78 Å². The summed E-state index contributed by atoms with van der Waals surface area (Å²) in [5.41, 5.74) is 6.69. The second-order valence-electron chi connectivity index (χ2n) is 5.44. The summed E-state index contributed by atoms with van der Waals surface area (Å²) < 4.78 is 0. The van der Waals surface area contributed by atoms with Crippen LogP contribution in [0.3, 0.4) is 0 Å². The van der Waals surface area contributed by atoms with Crippen molar-refractivity contribution in [2.45, 2.75) is 18.9 Å². The van der Waals surface area contributed by atoms with E-state index in [1.165, 1.54) is 0 Å². The molecule has 1 fully saturated rings. The minimum atomic E-state index is 0.178. The zero-order chi connectivity index (χ0) is 13.9. The summed E-state index contributed by atoms with van der Waals surface area (Å²) in [5.74, 6) is 0.178. The van der Waals surface area contributed by atoms with Gasteiger partial charge < -0.3 is 5.73 Å². The molecule has 0 unspecified atom stereocenters. The molecule has 1 aliphatic rings. The number of ketones is 1. The van der Waals surface area contributed by atoms with Crippen molar-refractivity contribution in [1.29, 1.82) is 0 Å². The van der Waals surface area contributed by atoms with Gasteiger partial charge in [0.05, 0.1) is 6.54 Å². The smallest absolute Gasteiger partial charge is 0.177 e. The van der Waals surface area contributed by atoms with Crippen LogP contribution in [-0.4, -0.2) is 41.3 Å². The largest absolute Gasteiger partial charge is 0.328 e. The van der Waals surface area contributed by atoms with Crippen molar-refractivity contribution in [2.24, 2.45) is 5.73 Å². The van der Waals surface area contributed by atoms with E-state index in [1.807, 2.05) is 24.3 Å². The van der Waals surface area contributed by atoms with Crippen molar-refractivity contribution < 1.29 is 4.79 Å². The molecule has 1 saturated heterocycles. The monoisotopic (exact) mass is 269 g/mol. The maximum Gasteiger partial charge on any atom is 0.177 e. The Kier molecular flexibility index (Phi) is 3.76. The first-order chi connectivity index (χ1) is 9.74. The van der Waals surface area contributed by atoms with Gasteiger partial charge in [0.2, 0.25) is 0 Å². The number of rotatable bonds is 3. The average Bonchev–Trinajstić information content (AvgIpc) is 2.49. The zero-order valence-electron chi connectivity index (χ0n) is 11.5. The molecule has 0 amide bonds. The number of aromatic nitrogens is 1. The van der Waals surface area contributed by atoms with E-state index in [9.17, 15) is 4.79 Å². The number of fused-ring (bicyclic) bond motifs is 1. The standard InChI is InChI=1S/C16H19N3O/c17-13-5-8-19(9-6-13)11-16(20)15-3-1-2-12-10-18-7-4-14(12)15/h1-4,7,10,13H,5-6,8-9,11,17H2. The Hall–Kier alpha value is -1.78. The Morgan fingerprint density at radius 1 is 1.30 bits per heavy atom. The summed E-state index contributed by atoms with van der Waals surface area (Å²) in [7, 11) is 0. The summed E-state index contributed by atoms with van der Waals surface area (Å²) in [6, 6.07) is 8.02. The van der Waals surface area contributed by atoms with Crippen LogP contribution in [0.5, 0.6) is 0 Å². The SMILES string of the molecule is NC1CCN(CC(=O)c2cccc3cnccc23)CC1. The Balaban J connectivity index is 1.79. The van der Waals surface area contributed by atoms with Crippen molar-refractivity contribution in [3.63, 3.8) is 0 Å². The van der Waals surface area contributed by atoms with E-state index in [0.29, 0.717) is 12.6 Å². The van der Waals surface area contributed by atoms with Crippen LogP contribution in [0, 0.1) is 0 Å². The van der Waals surface area contributed by atoms with E-state index in [0.717, 1.165) is 42.3 Å². The lowest BCUT2D eigenvalue weighted by molar-refractivity contribution is 0.0911. The molecule has 0 atom stereocenters. The number of piperidine rings is 1. The molecule has 0 aliphatic carbocycles. The third kappa shape index (κ3) is 2.71. The maximum absolute atomic E-state index is 12.5. The number of nitrogens with two attached hydrogens (primary N) is 1. The molecule has 1 aliphatic heterocycles. The van der Waals surface area contributed by atoms with Crippen molar-refractivity contribution in [2.75, 3.05) is 19.6 Å². The predicted molar refractivity (Wildman–Crippen MR) is 79.7 cm³/mol. The number of nitrogens with zero attached hydrogens (tertiary/aromatic N) is 2. The van der Waals surface area contributed by atoms with E-state index >= 15 is 0 Å². The van der Waals surface area contributed by atoms with Crippen molar-refractivity contribution in [1.82, 2.24) is 9.88 Å². The number of Topliss-reactive ketones (excluding diaryl/α,β-unsaturated/α-hetero) is 1. The van der Waals surface area contributed by atoms with Crippen LogP contribution in [0.25, 0.3) is 10.8 Å². The van der Waals surface area contributed by atoms with Crippen LogP contribution in [-0.2, 0) is 0 Å². The number of benzene rings is 1. The third-order valence-corrected chi connectivity index (χ3v) is 3.98. The van der Waals surface area contributed by atoms with Crippen molar-refractivity contribution >= 4 is 16.6 Å². The van der Waals surface area contributed by atoms with Gasteiger partial charge >= 0.3 is 0 Å². The van der Waals surface area contributed by atoms with E-state index in [2.05, 4.69) is 9.88 Å². The second kappa shape index (κ2) is 5.69. The minimum absolute atomic E-state index is 0.178. The quantitative estimate of drug-likeness (QED) is 0.864. The van der Waals surface area contributed by atoms with E-state index in [1.54, 1.807) is 12.4 Å². The van der Waals surface area contributed by atoms with Gasteiger partial charge in [-0.05, 0) is 24.3 Å². The molecule has 0 spiro atoms. The van der Waals surface area contributed by atoms with Gasteiger partial charge in [-0.15, -0.1) is 0 Å². The Bertz CT molecular complexity index is 613. The normalized spacial score (nSPS) is 17.4.